The molecule has 4 aromatic rings. The quantitative estimate of drug-likeness (QED) is 0.181. The molecule has 0 nitrogen and oxygen atoms in total. The molecule has 0 spiro atoms. The van der Waals surface area contributed by atoms with Crippen LogP contribution in [-0.2, 0) is 0 Å². The van der Waals surface area contributed by atoms with Gasteiger partial charge in [0.1, 0.15) is 0 Å². The highest BCUT2D eigenvalue weighted by atomic mass is 79.9. The number of benzene rings is 4. The first-order valence-corrected chi connectivity index (χ1v) is 24.2. The molecule has 0 saturated heterocycles. The minimum absolute atomic E-state index is 0. The molecule has 2 atom stereocenters. The summed E-state index contributed by atoms with van der Waals surface area (Å²) in [5.74, 6) is 4.96. The largest absolute Gasteiger partial charge is 0.0807 e. The molecule has 10 rings (SSSR count). The molecule has 0 aliphatic heterocycles. The summed E-state index contributed by atoms with van der Waals surface area (Å²) in [6, 6.07) is 35.6. The van der Waals surface area contributed by atoms with E-state index in [0.717, 1.165) is 29.6 Å². The molecule has 3 fully saturated rings. The minimum atomic E-state index is 0. The molecule has 2 unspecified atom stereocenters. The van der Waals surface area contributed by atoms with Crippen molar-refractivity contribution in [1.82, 2.24) is 0 Å². The van der Waals surface area contributed by atoms with E-state index in [1.807, 2.05) is 0 Å². The second kappa shape index (κ2) is 23.0. The topological polar surface area (TPSA) is 0 Å². The van der Waals surface area contributed by atoms with Gasteiger partial charge in [0, 0.05) is 4.47 Å². The molecule has 6 aliphatic carbocycles. The zero-order chi connectivity index (χ0) is 40.1. The van der Waals surface area contributed by atoms with Gasteiger partial charge in [-0.2, -0.15) is 0 Å². The summed E-state index contributed by atoms with van der Waals surface area (Å²) in [4.78, 5) is 0. The van der Waals surface area contributed by atoms with E-state index >= 15 is 0 Å². The Bertz CT molecular complexity index is 1920. The third-order valence-electron chi connectivity index (χ3n) is 14.5. The van der Waals surface area contributed by atoms with Crippen molar-refractivity contribution in [2.75, 3.05) is 0 Å². The Morgan fingerprint density at radius 2 is 0.797 bits per heavy atom. The summed E-state index contributed by atoms with van der Waals surface area (Å²) in [7, 11) is 0. The van der Waals surface area contributed by atoms with Crippen LogP contribution >= 0.6 is 15.9 Å². The van der Waals surface area contributed by atoms with E-state index in [4.69, 9.17) is 0 Å². The van der Waals surface area contributed by atoms with E-state index in [0.29, 0.717) is 0 Å². The highest BCUT2D eigenvalue weighted by Gasteiger charge is 2.29. The van der Waals surface area contributed by atoms with Gasteiger partial charge >= 0.3 is 0 Å². The highest BCUT2D eigenvalue weighted by Crippen LogP contribution is 2.43. The lowest BCUT2D eigenvalue weighted by atomic mass is 9.70. The van der Waals surface area contributed by atoms with Crippen LogP contribution in [0.15, 0.2) is 120 Å². The molecule has 0 bridgehead atoms. The van der Waals surface area contributed by atoms with Gasteiger partial charge in [0.15, 0.2) is 0 Å². The maximum Gasteiger partial charge on any atom is 0.0175 e. The number of hydrogen-bond acceptors (Lipinski definition) is 0. The van der Waals surface area contributed by atoms with Crippen LogP contribution in [0.4, 0.5) is 0 Å². The number of halogens is 1. The zero-order valence-corrected chi connectivity index (χ0v) is 37.8. The van der Waals surface area contributed by atoms with E-state index in [9.17, 15) is 0 Å². The molecule has 0 heterocycles. The first-order chi connectivity index (χ1) is 28.4. The van der Waals surface area contributed by atoms with Gasteiger partial charge in [0.2, 0.25) is 0 Å². The number of aryl methyl sites for hydroxylation is 3. The second-order valence-corrected chi connectivity index (χ2v) is 19.6. The van der Waals surface area contributed by atoms with Crippen molar-refractivity contribution in [2.45, 2.75) is 156 Å². The van der Waals surface area contributed by atoms with E-state index in [1.165, 1.54) is 165 Å². The molecule has 314 valence electrons. The van der Waals surface area contributed by atoms with Gasteiger partial charge in [-0.05, 0) is 172 Å². The van der Waals surface area contributed by atoms with E-state index in [-0.39, 0.29) is 7.43 Å². The standard InChI is InChI=1S/C18H24.C16H19Br.C12H14.C11H14.CH4/c1-14-6-8-16(9-7-14)18-12-10-17(11-13-18)15-4-2-3-5-15;17-16-10-8-15(9-11-16)14-6-4-13(5-7-14)12-2-1-3-12;1-10-6-8-12(9-7-10)11-4-2-3-5-11;1-9-5-7-11(8-6-9)10-3-2-4-10;/h6-9,12,15,17H,2-5,10-11,13H2,1H3;6,8-13H,1-5,7H2;4,6-9H,2-3,5H2,1H3;5-8,10H,2-4H2,1H3;1H4. The van der Waals surface area contributed by atoms with Crippen LogP contribution in [0.3, 0.4) is 0 Å². The summed E-state index contributed by atoms with van der Waals surface area (Å²) in [6.07, 6.45) is 34.0. The van der Waals surface area contributed by atoms with Gasteiger partial charge in [-0.1, -0.05) is 195 Å². The molecule has 3 saturated carbocycles. The predicted octanol–water partition coefficient (Wildman–Crippen LogP) is 18.3. The van der Waals surface area contributed by atoms with Crippen molar-refractivity contribution in [2.24, 2.45) is 23.7 Å². The molecular weight excluding hydrogens is 777 g/mol. The van der Waals surface area contributed by atoms with Crippen LogP contribution < -0.4 is 0 Å². The van der Waals surface area contributed by atoms with Gasteiger partial charge in [0.05, 0.1) is 0 Å². The lowest BCUT2D eigenvalue weighted by Gasteiger charge is -2.35. The molecular formula is C58H75Br. The summed E-state index contributed by atoms with van der Waals surface area (Å²) in [5, 5.41) is 0. The Morgan fingerprint density at radius 1 is 0.390 bits per heavy atom. The average Bonchev–Trinajstić information content (AvgIpc) is 3.96. The van der Waals surface area contributed by atoms with Gasteiger partial charge in [-0.3, -0.25) is 0 Å². The van der Waals surface area contributed by atoms with E-state index in [1.54, 1.807) is 16.7 Å². The predicted molar refractivity (Wildman–Crippen MR) is 263 cm³/mol. The molecule has 0 radical (unpaired) electrons. The Morgan fingerprint density at radius 3 is 1.15 bits per heavy atom. The summed E-state index contributed by atoms with van der Waals surface area (Å²) < 4.78 is 1.17. The molecule has 6 aliphatic rings. The van der Waals surface area contributed by atoms with Crippen molar-refractivity contribution in [1.29, 1.82) is 0 Å². The summed E-state index contributed by atoms with van der Waals surface area (Å²) in [5.41, 5.74) is 14.6. The lowest BCUT2D eigenvalue weighted by molar-refractivity contribution is 0.195. The van der Waals surface area contributed by atoms with Crippen LogP contribution in [0.2, 0.25) is 0 Å². The molecule has 0 N–H and O–H groups in total. The smallest absolute Gasteiger partial charge is 0.0175 e. The van der Waals surface area contributed by atoms with Crippen molar-refractivity contribution in [3.63, 3.8) is 0 Å². The minimum Gasteiger partial charge on any atom is -0.0807 e. The number of rotatable bonds is 6. The van der Waals surface area contributed by atoms with Crippen LogP contribution in [0.25, 0.3) is 16.7 Å². The third kappa shape index (κ3) is 13.3. The van der Waals surface area contributed by atoms with Crippen molar-refractivity contribution < 1.29 is 0 Å². The van der Waals surface area contributed by atoms with Crippen molar-refractivity contribution >= 4 is 32.6 Å². The second-order valence-electron chi connectivity index (χ2n) is 18.7. The first-order valence-electron chi connectivity index (χ1n) is 23.4. The van der Waals surface area contributed by atoms with Gasteiger partial charge in [-0.25, -0.2) is 0 Å². The number of hydrogen-bond donors (Lipinski definition) is 0. The van der Waals surface area contributed by atoms with Gasteiger partial charge in [-0.15, -0.1) is 0 Å². The maximum absolute atomic E-state index is 3.50. The molecule has 0 amide bonds. The fraction of sp³-hybridized carbons (Fsp3) is 0.483. The Labute approximate surface area is 369 Å². The molecule has 59 heavy (non-hydrogen) atoms. The fourth-order valence-corrected chi connectivity index (χ4v) is 10.4. The van der Waals surface area contributed by atoms with Crippen LogP contribution in [0.1, 0.15) is 174 Å². The zero-order valence-electron chi connectivity index (χ0n) is 36.2. The summed E-state index contributed by atoms with van der Waals surface area (Å²) in [6.45, 7) is 6.44. The molecule has 4 aromatic carbocycles. The average molecular weight is 852 g/mol. The SMILES string of the molecule is Brc1ccc(C2=CCC(C3CCC3)CC2)cc1.C.Cc1ccc(C2=CCC(C3CCCC3)CC2)cc1.Cc1ccc(C2=CCCC2)cc1.Cc1ccc(C2CCC2)cc1. The van der Waals surface area contributed by atoms with Gasteiger partial charge in [0.25, 0.3) is 0 Å². The fourth-order valence-electron chi connectivity index (χ4n) is 10.1. The lowest BCUT2D eigenvalue weighted by Crippen LogP contribution is -2.23. The summed E-state index contributed by atoms with van der Waals surface area (Å²) >= 11 is 3.50. The third-order valence-corrected chi connectivity index (χ3v) is 15.1. The van der Waals surface area contributed by atoms with Gasteiger partial charge < -0.3 is 0 Å². The van der Waals surface area contributed by atoms with Crippen LogP contribution in [0, 0.1) is 44.4 Å². The van der Waals surface area contributed by atoms with Crippen LogP contribution in [0.5, 0.6) is 0 Å². The van der Waals surface area contributed by atoms with Crippen molar-refractivity contribution in [3.8, 4) is 0 Å². The molecule has 1 heteroatoms. The van der Waals surface area contributed by atoms with Crippen LogP contribution in [-0.4, -0.2) is 0 Å². The van der Waals surface area contributed by atoms with Crippen molar-refractivity contribution in [3.05, 3.63) is 159 Å². The monoisotopic (exact) mass is 851 g/mol. The number of allylic oxidation sites excluding steroid dienone is 6. The maximum atomic E-state index is 3.50. The van der Waals surface area contributed by atoms with E-state index < -0.39 is 0 Å². The molecule has 0 aromatic heterocycles. The highest BCUT2D eigenvalue weighted by molar-refractivity contribution is 9.10. The Hall–Kier alpha value is -3.42. The Kier molecular flexibility index (Phi) is 17.6. The van der Waals surface area contributed by atoms with E-state index in [2.05, 4.69) is 152 Å². The first kappa shape index (κ1) is 45.1. The Balaban J connectivity index is 0.000000134. The normalized spacial score (nSPS) is 21.6.